The van der Waals surface area contributed by atoms with Gasteiger partial charge >= 0.3 is 5.97 Å². The summed E-state index contributed by atoms with van der Waals surface area (Å²) in [7, 11) is 0. The van der Waals surface area contributed by atoms with Crippen LogP contribution in [0.25, 0.3) is 11.4 Å². The molecule has 0 aliphatic carbocycles. The standard InChI is InChI=1S/C18H16FN3O5/c19-13-5-3-12(4-6-13)18-21-16(27-22-18)7-8-17(24)26-11-15(23)20-10-14-2-1-9-25-14/h1-6,9H,7-8,10-11H2,(H,20,23). The normalized spacial score (nSPS) is 10.6. The number of amides is 1. The molecule has 0 saturated heterocycles. The number of carbonyl (C=O) groups is 2. The Kier molecular flexibility index (Phi) is 5.93. The van der Waals surface area contributed by atoms with Gasteiger partial charge in [-0.05, 0) is 36.4 Å². The van der Waals surface area contributed by atoms with Crippen molar-refractivity contribution in [1.29, 1.82) is 0 Å². The van der Waals surface area contributed by atoms with Gasteiger partial charge in [0.05, 0.1) is 19.2 Å². The Balaban J connectivity index is 1.39. The van der Waals surface area contributed by atoms with Gasteiger partial charge in [-0.1, -0.05) is 5.16 Å². The summed E-state index contributed by atoms with van der Waals surface area (Å²) in [5, 5.41) is 6.35. The summed E-state index contributed by atoms with van der Waals surface area (Å²) in [5.41, 5.74) is 0.599. The van der Waals surface area contributed by atoms with Gasteiger partial charge in [0, 0.05) is 12.0 Å². The number of rotatable bonds is 8. The van der Waals surface area contributed by atoms with Crippen LogP contribution in [0.5, 0.6) is 0 Å². The third-order valence-electron chi connectivity index (χ3n) is 3.52. The van der Waals surface area contributed by atoms with Gasteiger partial charge in [-0.15, -0.1) is 0 Å². The molecule has 2 aromatic heterocycles. The summed E-state index contributed by atoms with van der Waals surface area (Å²) in [6.45, 7) is -0.165. The molecule has 27 heavy (non-hydrogen) atoms. The first-order valence-corrected chi connectivity index (χ1v) is 8.13. The van der Waals surface area contributed by atoms with E-state index in [0.717, 1.165) is 0 Å². The number of hydrogen-bond donors (Lipinski definition) is 1. The van der Waals surface area contributed by atoms with Gasteiger partial charge in [0.2, 0.25) is 11.7 Å². The number of aromatic nitrogens is 2. The summed E-state index contributed by atoms with van der Waals surface area (Å²) in [6.07, 6.45) is 1.65. The summed E-state index contributed by atoms with van der Waals surface area (Å²) in [6, 6.07) is 9.07. The number of carbonyl (C=O) groups excluding carboxylic acids is 2. The molecule has 0 aliphatic heterocycles. The monoisotopic (exact) mass is 373 g/mol. The quantitative estimate of drug-likeness (QED) is 0.604. The fourth-order valence-electron chi connectivity index (χ4n) is 2.15. The molecule has 1 aromatic carbocycles. The Labute approximate surface area is 153 Å². The topological polar surface area (TPSA) is 107 Å². The molecule has 3 rings (SSSR count). The van der Waals surface area contributed by atoms with E-state index in [4.69, 9.17) is 13.7 Å². The molecule has 0 bridgehead atoms. The SMILES string of the molecule is O=C(COC(=O)CCc1nc(-c2ccc(F)cc2)no1)NCc1ccco1. The van der Waals surface area contributed by atoms with Crippen molar-refractivity contribution in [3.63, 3.8) is 0 Å². The molecule has 140 valence electrons. The van der Waals surface area contributed by atoms with Crippen molar-refractivity contribution in [3.8, 4) is 11.4 Å². The molecule has 0 saturated carbocycles. The molecular formula is C18H16FN3O5. The van der Waals surface area contributed by atoms with Crippen molar-refractivity contribution >= 4 is 11.9 Å². The molecular weight excluding hydrogens is 357 g/mol. The Hall–Kier alpha value is -3.49. The zero-order valence-electron chi connectivity index (χ0n) is 14.2. The van der Waals surface area contributed by atoms with Crippen LogP contribution in [0.2, 0.25) is 0 Å². The van der Waals surface area contributed by atoms with Crippen molar-refractivity contribution in [1.82, 2.24) is 15.5 Å². The third-order valence-corrected chi connectivity index (χ3v) is 3.52. The number of esters is 1. The zero-order valence-corrected chi connectivity index (χ0v) is 14.2. The highest BCUT2D eigenvalue weighted by atomic mass is 19.1. The average Bonchev–Trinajstić information content (AvgIpc) is 3.35. The fourth-order valence-corrected chi connectivity index (χ4v) is 2.15. The van der Waals surface area contributed by atoms with Gasteiger partial charge in [0.25, 0.3) is 5.91 Å². The molecule has 0 spiro atoms. The van der Waals surface area contributed by atoms with E-state index in [1.54, 1.807) is 12.1 Å². The van der Waals surface area contributed by atoms with Crippen LogP contribution in [0, 0.1) is 5.82 Å². The summed E-state index contributed by atoms with van der Waals surface area (Å²) >= 11 is 0. The number of aryl methyl sites for hydroxylation is 1. The van der Waals surface area contributed by atoms with Gasteiger partial charge in [-0.25, -0.2) is 4.39 Å². The lowest BCUT2D eigenvalue weighted by Gasteiger charge is -2.04. The van der Waals surface area contributed by atoms with E-state index in [2.05, 4.69) is 15.5 Å². The molecule has 0 fully saturated rings. The van der Waals surface area contributed by atoms with E-state index in [9.17, 15) is 14.0 Å². The maximum Gasteiger partial charge on any atom is 0.306 e. The van der Waals surface area contributed by atoms with Crippen LogP contribution in [-0.4, -0.2) is 28.6 Å². The lowest BCUT2D eigenvalue weighted by atomic mass is 10.2. The van der Waals surface area contributed by atoms with Crippen molar-refractivity contribution in [3.05, 3.63) is 60.1 Å². The molecule has 0 unspecified atom stereocenters. The van der Waals surface area contributed by atoms with Crippen LogP contribution in [0.15, 0.2) is 51.6 Å². The first kappa shape index (κ1) is 18.3. The number of hydrogen-bond acceptors (Lipinski definition) is 7. The lowest BCUT2D eigenvalue weighted by molar-refractivity contribution is -0.148. The molecule has 1 N–H and O–H groups in total. The van der Waals surface area contributed by atoms with Crippen LogP contribution >= 0.6 is 0 Å². The molecule has 8 nitrogen and oxygen atoms in total. The van der Waals surface area contributed by atoms with E-state index >= 15 is 0 Å². The van der Waals surface area contributed by atoms with Crippen molar-refractivity contribution in [2.45, 2.75) is 19.4 Å². The van der Waals surface area contributed by atoms with Crippen LogP contribution in [-0.2, 0) is 27.3 Å². The minimum Gasteiger partial charge on any atom is -0.467 e. The van der Waals surface area contributed by atoms with E-state index in [1.165, 1.54) is 30.5 Å². The third kappa shape index (κ3) is 5.50. The van der Waals surface area contributed by atoms with Gasteiger partial charge in [-0.2, -0.15) is 4.98 Å². The number of benzene rings is 1. The molecule has 1 amide bonds. The van der Waals surface area contributed by atoms with Crippen LogP contribution < -0.4 is 5.32 Å². The van der Waals surface area contributed by atoms with Crippen molar-refractivity contribution < 1.29 is 27.7 Å². The smallest absolute Gasteiger partial charge is 0.306 e. The molecule has 0 atom stereocenters. The summed E-state index contributed by atoms with van der Waals surface area (Å²) < 4.78 is 27.9. The van der Waals surface area contributed by atoms with Crippen LogP contribution in [0.4, 0.5) is 4.39 Å². The van der Waals surface area contributed by atoms with Gasteiger partial charge in [0.1, 0.15) is 11.6 Å². The highest BCUT2D eigenvalue weighted by molar-refractivity contribution is 5.80. The average molecular weight is 373 g/mol. The number of halogens is 1. The zero-order chi connectivity index (χ0) is 19.1. The fraction of sp³-hybridized carbons (Fsp3) is 0.222. The predicted molar refractivity (Wildman–Crippen MR) is 89.5 cm³/mol. The van der Waals surface area contributed by atoms with E-state index in [1.807, 2.05) is 0 Å². The lowest BCUT2D eigenvalue weighted by Crippen LogP contribution is -2.28. The second kappa shape index (κ2) is 8.75. The maximum absolute atomic E-state index is 12.9. The molecule has 2 heterocycles. The Morgan fingerprint density at radius 1 is 1.19 bits per heavy atom. The van der Waals surface area contributed by atoms with Gasteiger partial charge in [0.15, 0.2) is 6.61 Å². The minimum absolute atomic E-state index is 0.0173. The van der Waals surface area contributed by atoms with Crippen LogP contribution in [0.1, 0.15) is 18.1 Å². The van der Waals surface area contributed by atoms with Gasteiger partial charge < -0.3 is 19.0 Å². The van der Waals surface area contributed by atoms with E-state index in [0.29, 0.717) is 17.1 Å². The van der Waals surface area contributed by atoms with Crippen LogP contribution in [0.3, 0.4) is 0 Å². The van der Waals surface area contributed by atoms with E-state index < -0.39 is 11.9 Å². The molecule has 9 heteroatoms. The summed E-state index contributed by atoms with van der Waals surface area (Å²) in [4.78, 5) is 27.5. The Morgan fingerprint density at radius 2 is 2.00 bits per heavy atom. The Bertz CT molecular complexity index is 890. The summed E-state index contributed by atoms with van der Waals surface area (Å²) in [5.74, 6) is -0.216. The second-order valence-electron chi connectivity index (χ2n) is 5.54. The number of nitrogens with zero attached hydrogens (tertiary/aromatic N) is 2. The highest BCUT2D eigenvalue weighted by Gasteiger charge is 2.13. The number of ether oxygens (including phenoxy) is 1. The van der Waals surface area contributed by atoms with Crippen molar-refractivity contribution in [2.75, 3.05) is 6.61 Å². The van der Waals surface area contributed by atoms with Crippen molar-refractivity contribution in [2.24, 2.45) is 0 Å². The number of nitrogens with one attached hydrogen (secondary N) is 1. The highest BCUT2D eigenvalue weighted by Crippen LogP contribution is 2.16. The van der Waals surface area contributed by atoms with Gasteiger partial charge in [-0.3, -0.25) is 9.59 Å². The first-order chi connectivity index (χ1) is 13.1. The van der Waals surface area contributed by atoms with E-state index in [-0.39, 0.29) is 37.7 Å². The molecule has 3 aromatic rings. The predicted octanol–water partition coefficient (Wildman–Crippen LogP) is 2.26. The minimum atomic E-state index is -0.565. The maximum atomic E-state index is 12.9. The Morgan fingerprint density at radius 3 is 2.74 bits per heavy atom. The molecule has 0 aliphatic rings. The first-order valence-electron chi connectivity index (χ1n) is 8.13. The largest absolute Gasteiger partial charge is 0.467 e. The second-order valence-corrected chi connectivity index (χ2v) is 5.54. The molecule has 0 radical (unpaired) electrons. The number of furan rings is 1.